The van der Waals surface area contributed by atoms with Gasteiger partial charge in [-0.05, 0) is 46.0 Å². The van der Waals surface area contributed by atoms with Crippen LogP contribution in [0, 0.1) is 0 Å². The van der Waals surface area contributed by atoms with Gasteiger partial charge in [0.2, 0.25) is 5.95 Å². The van der Waals surface area contributed by atoms with Crippen LogP contribution >= 0.6 is 0 Å². The molecule has 5 heteroatoms. The third-order valence-electron chi connectivity index (χ3n) is 8.73. The maximum absolute atomic E-state index is 8.87. The van der Waals surface area contributed by atoms with Gasteiger partial charge in [0.15, 0.2) is 11.6 Å². The predicted octanol–water partition coefficient (Wildman–Crippen LogP) is 10.9. The van der Waals surface area contributed by atoms with E-state index in [4.69, 9.17) is 26.2 Å². The maximum Gasteiger partial charge on any atom is 0.238 e. The monoisotopic (exact) mass is 593 g/mol. The minimum atomic E-state index is -0.488. The van der Waals surface area contributed by atoms with Crippen molar-refractivity contribution < 1.29 is 11.3 Å². The first-order valence-corrected chi connectivity index (χ1v) is 15.0. The number of furan rings is 1. The lowest BCUT2D eigenvalue weighted by Crippen LogP contribution is -2.19. The number of hydrogen-bond acceptors (Lipinski definition) is 5. The molecule has 0 saturated heterocycles. The summed E-state index contributed by atoms with van der Waals surface area (Å²) in [4.78, 5) is 17.0. The summed E-state index contributed by atoms with van der Waals surface area (Å²) in [6, 6.07) is 36.0. The van der Waals surface area contributed by atoms with E-state index >= 15 is 0 Å². The van der Waals surface area contributed by atoms with Crippen molar-refractivity contribution in [3.05, 3.63) is 145 Å². The molecule has 2 aromatic heterocycles. The molecule has 9 aromatic rings. The fourth-order valence-corrected chi connectivity index (χ4v) is 6.81. The third-order valence-corrected chi connectivity index (χ3v) is 8.73. The molecular formula is C41H24N4O. The lowest BCUT2D eigenvalue weighted by molar-refractivity contribution is 0.669. The Bertz CT molecular complexity index is 2930. The minimum Gasteiger partial charge on any atom is -0.456 e. The van der Waals surface area contributed by atoms with E-state index in [-0.39, 0.29) is 23.2 Å². The van der Waals surface area contributed by atoms with Crippen molar-refractivity contribution >= 4 is 60.8 Å². The number of benzene rings is 7. The molecule has 1 aliphatic rings. The van der Waals surface area contributed by atoms with Crippen molar-refractivity contribution in [2.45, 2.75) is 0 Å². The largest absolute Gasteiger partial charge is 0.456 e. The molecule has 0 radical (unpaired) electrons. The van der Waals surface area contributed by atoms with Crippen molar-refractivity contribution in [1.29, 1.82) is 0 Å². The zero-order valence-corrected chi connectivity index (χ0v) is 24.2. The topological polar surface area (TPSA) is 55.1 Å². The zero-order chi connectivity index (χ0) is 34.5. The van der Waals surface area contributed by atoms with Crippen LogP contribution in [0.3, 0.4) is 0 Å². The average Bonchev–Trinajstić information content (AvgIpc) is 3.55. The molecule has 0 aliphatic carbocycles. The first-order valence-electron chi connectivity index (χ1n) is 17.5. The summed E-state index contributed by atoms with van der Waals surface area (Å²) in [6.07, 6.45) is 0. The fourth-order valence-electron chi connectivity index (χ4n) is 6.81. The van der Waals surface area contributed by atoms with Gasteiger partial charge in [-0.1, -0.05) is 121 Å². The van der Waals surface area contributed by atoms with E-state index in [0.29, 0.717) is 16.7 Å². The third kappa shape index (κ3) is 3.60. The second kappa shape index (κ2) is 9.58. The Kier molecular flexibility index (Phi) is 4.29. The quantitative estimate of drug-likeness (QED) is 0.204. The summed E-state index contributed by atoms with van der Waals surface area (Å²) in [7, 11) is 0. The van der Waals surface area contributed by atoms with E-state index in [1.54, 1.807) is 0 Å². The van der Waals surface area contributed by atoms with Crippen LogP contribution in [0.25, 0.3) is 77.4 Å². The Labute approximate surface area is 271 Å². The van der Waals surface area contributed by atoms with Gasteiger partial charge in [0.1, 0.15) is 11.2 Å². The predicted molar refractivity (Wildman–Crippen MR) is 187 cm³/mol. The Hall–Kier alpha value is -6.33. The standard InChI is InChI=1S/C41H24N4O/c1-2-12-27(13-3-1)39-42-40(31-19-10-22-35-38(31)29-17-6-7-21-34(29)46-35)44-41(43-39)45-32-20-9-15-26-14-8-18-30(36(26)32)37-28-16-5-4-11-25(28)23-24-33(37)45/h1-24H/i1D,2D,3D,12D,13D. The molecule has 0 atom stereocenters. The van der Waals surface area contributed by atoms with E-state index in [2.05, 4.69) is 48.5 Å². The van der Waals surface area contributed by atoms with Gasteiger partial charge in [-0.15, -0.1) is 0 Å². The Morgan fingerprint density at radius 1 is 0.522 bits per heavy atom. The Balaban J connectivity index is 1.34. The highest BCUT2D eigenvalue weighted by Crippen LogP contribution is 2.52. The molecule has 10 rings (SSSR count). The van der Waals surface area contributed by atoms with Crippen LogP contribution < -0.4 is 4.90 Å². The van der Waals surface area contributed by atoms with Crippen molar-refractivity contribution in [1.82, 2.24) is 15.0 Å². The second-order valence-corrected chi connectivity index (χ2v) is 11.3. The van der Waals surface area contributed by atoms with Gasteiger partial charge in [0, 0.05) is 32.8 Å². The number of aromatic nitrogens is 3. The lowest BCUT2D eigenvalue weighted by atomic mass is 9.88. The second-order valence-electron chi connectivity index (χ2n) is 11.3. The van der Waals surface area contributed by atoms with Crippen LogP contribution in [0.4, 0.5) is 17.3 Å². The molecule has 46 heavy (non-hydrogen) atoms. The molecular weight excluding hydrogens is 564 g/mol. The molecule has 1 aliphatic heterocycles. The van der Waals surface area contributed by atoms with E-state index in [1.807, 2.05) is 71.6 Å². The van der Waals surface area contributed by atoms with Gasteiger partial charge in [0.25, 0.3) is 0 Å². The van der Waals surface area contributed by atoms with Crippen molar-refractivity contribution in [3.63, 3.8) is 0 Å². The first kappa shape index (κ1) is 20.6. The average molecular weight is 594 g/mol. The lowest BCUT2D eigenvalue weighted by Gasteiger charge is -2.32. The van der Waals surface area contributed by atoms with Crippen LogP contribution in [0.15, 0.2) is 150 Å². The van der Waals surface area contributed by atoms with Crippen molar-refractivity contribution in [2.75, 3.05) is 4.90 Å². The number of para-hydroxylation sites is 1. The Morgan fingerprint density at radius 3 is 2.15 bits per heavy atom. The van der Waals surface area contributed by atoms with Crippen LogP contribution in [0.2, 0.25) is 0 Å². The SMILES string of the molecule is [2H]c1c([2H])c([2H])c(-c2nc(-c3cccc4oc5ccccc5c34)nc(N3c4ccc5ccccc5c4-c4cccc5cccc3c45)n2)c([2H])c1[2H]. The van der Waals surface area contributed by atoms with E-state index in [9.17, 15) is 0 Å². The van der Waals surface area contributed by atoms with Crippen molar-refractivity contribution in [2.24, 2.45) is 0 Å². The number of rotatable bonds is 3. The maximum atomic E-state index is 8.87. The number of nitrogens with zero attached hydrogens (tertiary/aromatic N) is 4. The molecule has 3 heterocycles. The van der Waals surface area contributed by atoms with Crippen LogP contribution in [0.1, 0.15) is 6.85 Å². The van der Waals surface area contributed by atoms with Gasteiger partial charge < -0.3 is 4.42 Å². The molecule has 7 aromatic carbocycles. The minimum absolute atomic E-state index is 0.0369. The summed E-state index contributed by atoms with van der Waals surface area (Å²) >= 11 is 0. The van der Waals surface area contributed by atoms with Gasteiger partial charge in [0.05, 0.1) is 18.2 Å². The summed E-state index contributed by atoms with van der Waals surface area (Å²) in [6.45, 7) is 0. The van der Waals surface area contributed by atoms with Gasteiger partial charge >= 0.3 is 0 Å². The molecule has 5 nitrogen and oxygen atoms in total. The summed E-state index contributed by atoms with van der Waals surface area (Å²) in [5.74, 6) is 0.475. The molecule has 0 N–H and O–H groups in total. The van der Waals surface area contributed by atoms with E-state index in [1.165, 1.54) is 0 Å². The smallest absolute Gasteiger partial charge is 0.238 e. The highest BCUT2D eigenvalue weighted by Gasteiger charge is 2.30. The van der Waals surface area contributed by atoms with Crippen molar-refractivity contribution in [3.8, 4) is 33.9 Å². The molecule has 0 saturated carbocycles. The van der Waals surface area contributed by atoms with E-state index < -0.39 is 30.2 Å². The molecule has 0 unspecified atom stereocenters. The molecule has 214 valence electrons. The molecule has 0 bridgehead atoms. The molecule has 0 spiro atoms. The number of hydrogen-bond donors (Lipinski definition) is 0. The highest BCUT2D eigenvalue weighted by molar-refractivity contribution is 6.19. The number of fused-ring (bicyclic) bond motifs is 7. The van der Waals surface area contributed by atoms with Gasteiger partial charge in [-0.3, -0.25) is 4.90 Å². The van der Waals surface area contributed by atoms with Crippen LogP contribution in [-0.2, 0) is 0 Å². The Morgan fingerprint density at radius 2 is 1.24 bits per heavy atom. The normalized spacial score (nSPS) is 13.8. The fraction of sp³-hybridized carbons (Fsp3) is 0. The van der Waals surface area contributed by atoms with Gasteiger partial charge in [-0.2, -0.15) is 9.97 Å². The first-order chi connectivity index (χ1) is 24.9. The van der Waals surface area contributed by atoms with Crippen LogP contribution in [-0.4, -0.2) is 15.0 Å². The zero-order valence-electron chi connectivity index (χ0n) is 29.2. The summed E-state index contributed by atoms with van der Waals surface area (Å²) < 4.78 is 49.1. The van der Waals surface area contributed by atoms with E-state index in [0.717, 1.165) is 54.8 Å². The van der Waals surface area contributed by atoms with Crippen LogP contribution in [0.5, 0.6) is 0 Å². The molecule has 0 amide bonds. The highest BCUT2D eigenvalue weighted by atomic mass is 16.3. The van der Waals surface area contributed by atoms with Gasteiger partial charge in [-0.25, -0.2) is 4.98 Å². The summed E-state index contributed by atoms with van der Waals surface area (Å²) in [5.41, 5.74) is 5.70. The molecule has 0 fully saturated rings. The number of anilines is 3. The summed E-state index contributed by atoms with van der Waals surface area (Å²) in [5, 5.41) is 5.90.